The van der Waals surface area contributed by atoms with Gasteiger partial charge in [0, 0.05) is 61.4 Å². The zero-order chi connectivity index (χ0) is 65.6. The minimum Gasteiger partial charge on any atom is -0.493 e. The summed E-state index contributed by atoms with van der Waals surface area (Å²) in [5.74, 6) is 8.62. The van der Waals surface area contributed by atoms with Gasteiger partial charge in [-0.05, 0) is 65.1 Å². The van der Waals surface area contributed by atoms with Crippen molar-refractivity contribution in [2.24, 2.45) is 0 Å². The van der Waals surface area contributed by atoms with Crippen LogP contribution in [0.4, 0.5) is 10.5 Å². The fraction of sp³-hybridized carbons (Fsp3) is 0.627. The fourth-order valence-corrected chi connectivity index (χ4v) is 16.6. The van der Waals surface area contributed by atoms with Crippen LogP contribution in [0.3, 0.4) is 0 Å². The number of hydrogen-bond acceptors (Lipinski definition) is 29. The molecule has 90 heavy (non-hydrogen) atoms. The van der Waals surface area contributed by atoms with Crippen molar-refractivity contribution < 1.29 is 106 Å². The Labute approximate surface area is 542 Å². The summed E-state index contributed by atoms with van der Waals surface area (Å²) >= 11 is 1.47. The van der Waals surface area contributed by atoms with E-state index in [-0.39, 0.29) is 88.3 Å². The van der Waals surface area contributed by atoms with Crippen LogP contribution in [-0.4, -0.2) is 226 Å². The van der Waals surface area contributed by atoms with E-state index in [4.69, 9.17) is 66.4 Å². The van der Waals surface area contributed by atoms with Crippen LogP contribution >= 0.6 is 53.0 Å². The lowest BCUT2D eigenvalue weighted by Crippen LogP contribution is -2.65. The highest BCUT2D eigenvalue weighted by molar-refractivity contribution is 9.26. The molecular weight excluding hydrogens is 1280 g/mol. The van der Waals surface area contributed by atoms with Crippen molar-refractivity contribution in [3.63, 3.8) is 0 Å². The Bertz CT molecular complexity index is 2910. The number of amides is 2. The lowest BCUT2D eigenvalue weighted by Gasteiger charge is -2.47. The Balaban J connectivity index is 1.27. The van der Waals surface area contributed by atoms with Crippen LogP contribution in [0.1, 0.15) is 64.2 Å². The van der Waals surface area contributed by atoms with E-state index in [0.717, 1.165) is 7.11 Å². The molecule has 2 amide bonds. The molecule has 4 fully saturated rings. The van der Waals surface area contributed by atoms with E-state index in [1.165, 1.54) is 106 Å². The first kappa shape index (κ1) is 73.1. The normalized spacial score (nSPS) is 34.2. The van der Waals surface area contributed by atoms with Gasteiger partial charge >= 0.3 is 12.1 Å². The number of anilines is 1. The Morgan fingerprint density at radius 2 is 1.56 bits per heavy atom. The Hall–Kier alpha value is -4.27. The number of ketones is 1. The second-order valence-corrected chi connectivity index (χ2v) is 28.6. The molecule has 2 bridgehead atoms. The highest BCUT2D eigenvalue weighted by atomic mass is 33.7. The second kappa shape index (κ2) is 34.2. The molecule has 4 saturated heterocycles. The molecule has 1 aromatic carbocycles. The molecule has 7 rings (SSSR count). The quantitative estimate of drug-likeness (QED) is 0.0123. The molecule has 19 unspecified atom stereocenters. The Morgan fingerprint density at radius 3 is 2.22 bits per heavy atom. The Kier molecular flexibility index (Phi) is 27.8. The number of thioether (sulfide) groups is 1. The third-order valence-corrected chi connectivity index (χ3v) is 22.5. The van der Waals surface area contributed by atoms with Crippen molar-refractivity contribution in [3.05, 3.63) is 65.1 Å². The molecule has 0 radical (unpaired) electrons. The van der Waals surface area contributed by atoms with Crippen molar-refractivity contribution >= 4 is 82.4 Å². The van der Waals surface area contributed by atoms with Gasteiger partial charge in [0.05, 0.1) is 99.8 Å². The number of benzene rings is 1. The molecule has 0 spiro atoms. The van der Waals surface area contributed by atoms with Crippen LogP contribution in [0, 0.1) is 23.7 Å². The molecule has 0 aromatic heterocycles. The van der Waals surface area contributed by atoms with Gasteiger partial charge < -0.3 is 92.6 Å². The number of carbonyl (C=O) groups excluding carboxylic acids is 4. The summed E-state index contributed by atoms with van der Waals surface area (Å²) in [4.78, 5) is 62.6. The van der Waals surface area contributed by atoms with Crippen LogP contribution in [0.5, 0.6) is 11.5 Å². The number of nitrogens with one attached hydrogen (secondary N) is 4. The van der Waals surface area contributed by atoms with E-state index >= 15 is 4.79 Å². The molecule has 31 heteroatoms. The molecule has 19 atom stereocenters. The Morgan fingerprint density at radius 1 is 0.844 bits per heavy atom. The number of allylic oxidation sites excluding steroid dienone is 2. The number of methoxy groups -OCH3 is 5. The van der Waals surface area contributed by atoms with Gasteiger partial charge in [-0.1, -0.05) is 71.8 Å². The predicted molar refractivity (Wildman–Crippen MR) is 337 cm³/mol. The number of carbonyl (C=O) groups is 4. The van der Waals surface area contributed by atoms with Gasteiger partial charge in [-0.15, -0.1) is 0 Å². The summed E-state index contributed by atoms with van der Waals surface area (Å²) in [7, 11) is 12.3. The number of ether oxygens (including phenoxy) is 13. The van der Waals surface area contributed by atoms with Gasteiger partial charge in [0.25, 0.3) is 5.91 Å². The summed E-state index contributed by atoms with van der Waals surface area (Å²) in [5, 5.41) is 56.9. The first-order valence-corrected chi connectivity index (χ1v) is 35.3. The van der Waals surface area contributed by atoms with Gasteiger partial charge in [-0.25, -0.2) is 9.59 Å². The van der Waals surface area contributed by atoms with E-state index < -0.39 is 134 Å². The first-order valence-electron chi connectivity index (χ1n) is 28.6. The van der Waals surface area contributed by atoms with E-state index in [0.29, 0.717) is 0 Å². The molecule has 4 heterocycles. The van der Waals surface area contributed by atoms with Crippen molar-refractivity contribution in [1.29, 1.82) is 0 Å². The number of alkyl carbamates (subject to hydrolysis) is 1. The number of hydroxylamine groups is 1. The van der Waals surface area contributed by atoms with E-state index in [1.54, 1.807) is 20.1 Å². The van der Waals surface area contributed by atoms with Crippen molar-refractivity contribution in [2.75, 3.05) is 65.7 Å². The highest BCUT2D eigenvalue weighted by Crippen LogP contribution is 2.46. The average Bonchev–Trinajstić information content (AvgIpc) is 0.759. The lowest BCUT2D eigenvalue weighted by atomic mass is 9.73. The van der Waals surface area contributed by atoms with E-state index in [9.17, 15) is 34.8 Å². The van der Waals surface area contributed by atoms with Crippen LogP contribution < -0.4 is 30.9 Å². The van der Waals surface area contributed by atoms with Crippen molar-refractivity contribution in [3.8, 4) is 35.2 Å². The molecule has 8 N–H and O–H groups in total. The molecule has 4 aliphatic heterocycles. The van der Waals surface area contributed by atoms with Crippen molar-refractivity contribution in [1.82, 2.24) is 16.1 Å². The van der Waals surface area contributed by atoms with Gasteiger partial charge in [-0.2, -0.15) is 17.2 Å². The van der Waals surface area contributed by atoms with Crippen LogP contribution in [0.2, 0.25) is 0 Å². The monoisotopic (exact) mass is 1360 g/mol. The third kappa shape index (κ3) is 17.9. The van der Waals surface area contributed by atoms with Crippen LogP contribution in [0.25, 0.3) is 0 Å². The smallest absolute Gasteiger partial charge is 0.411 e. The second-order valence-electron chi connectivity index (χ2n) is 21.5. The summed E-state index contributed by atoms with van der Waals surface area (Å²) in [6.07, 6.45) is -11.7. The number of hydrogen-bond donors (Lipinski definition) is 8. The number of aliphatic hydroxyl groups excluding tert-OH is 3. The maximum absolute atomic E-state index is 15.6. The molecule has 0 saturated carbocycles. The average molecular weight is 1360 g/mol. The standard InChI is InChI=1S/C59H80N4O22S5/c1-28(2)60-36-27-77-43(25-39(36)73-8)83-52-50(66)47(63-85-45-24-37(64)53(86-12)31(5)79-45)29(3)80-57(52)82-38-18-16-14-15-17-20-59(71)34(19-21-88-90-89-87-13)46(38)48(62-58(70)76-11)51(67)54(59)84-44-26-42(49(65)30(4)78-44)81-56(69)33-22-40(74-9)41(75-10)23-35(33)61-55(68)32(6)72-7/h14-15,19,22-23,28-31,36-39,42-45,47,49-50,52-54,57,60,63-66,71H,6,21,24-27H2,1-5,7-13H3,(H,61,68)(H,62,70)/b15-14-,34-19-. The zero-order valence-electron chi connectivity index (χ0n) is 51.8. The number of aliphatic hydroxyl groups is 4. The summed E-state index contributed by atoms with van der Waals surface area (Å²) in [5.41, 5.74) is -0.959. The van der Waals surface area contributed by atoms with E-state index in [1.807, 2.05) is 33.3 Å². The summed E-state index contributed by atoms with van der Waals surface area (Å²) < 4.78 is 78.0. The molecule has 2 aliphatic carbocycles. The van der Waals surface area contributed by atoms with E-state index in [2.05, 4.69) is 51.7 Å². The first-order chi connectivity index (χ1) is 43.0. The predicted octanol–water partition coefficient (Wildman–Crippen LogP) is 4.06. The number of Topliss-reactive ketones (excluding diaryl/α,β-unsaturated/α-hetero) is 1. The van der Waals surface area contributed by atoms with Gasteiger partial charge in [0.15, 0.2) is 54.1 Å². The number of fused-ring (bicyclic) bond motifs is 2. The molecule has 26 nitrogen and oxygen atoms in total. The van der Waals surface area contributed by atoms with Crippen molar-refractivity contribution in [2.45, 2.75) is 175 Å². The zero-order valence-corrected chi connectivity index (χ0v) is 55.9. The minimum atomic E-state index is -2.67. The summed E-state index contributed by atoms with van der Waals surface area (Å²) in [6, 6.07) is 1.39. The third-order valence-electron chi connectivity index (χ3n) is 15.3. The molecule has 6 aliphatic rings. The van der Waals surface area contributed by atoms with Crippen LogP contribution in [-0.2, 0) is 66.5 Å². The molecular formula is C59H80N4O22S5. The van der Waals surface area contributed by atoms with Gasteiger partial charge in [0.1, 0.15) is 30.5 Å². The maximum Gasteiger partial charge on any atom is 0.411 e. The number of esters is 1. The molecule has 1 aromatic rings. The largest absolute Gasteiger partial charge is 0.493 e. The molecule has 498 valence electrons. The van der Waals surface area contributed by atoms with Crippen LogP contribution in [0.15, 0.2) is 59.5 Å². The highest BCUT2D eigenvalue weighted by Gasteiger charge is 2.57. The number of rotatable bonds is 26. The SMILES string of the molecule is C=C(OC)C(=O)Nc1cc(OC)c(OC)cc1C(=O)OC1CC(OC2C(=O)C(NC(=O)OC)=C3/C(=C/CSSSSC)C2(O)C#C/C=C\C#CC3OC2OC(C)C(NOC3CC(O)C(SC)C(C)O3)C(O)C2OC2CC(OC)C(NC(C)C)CO2)OC(C)C1O. The summed E-state index contributed by atoms with van der Waals surface area (Å²) in [6.45, 7) is 12.6. The fourth-order valence-electron chi connectivity index (χ4n) is 10.8. The maximum atomic E-state index is 15.6. The van der Waals surface area contributed by atoms with Gasteiger partial charge in [0.2, 0.25) is 5.78 Å². The lowest BCUT2D eigenvalue weighted by molar-refractivity contribution is -0.336. The minimum absolute atomic E-state index is 0.0839. The van der Waals surface area contributed by atoms with Gasteiger partial charge in [-0.3, -0.25) is 19.7 Å². The topological polar surface area (TPSA) is 327 Å².